The smallest absolute Gasteiger partial charge is 0.416 e. The first kappa shape index (κ1) is 21.5. The molecule has 2 heterocycles. The Morgan fingerprint density at radius 2 is 2.03 bits per heavy atom. The third kappa shape index (κ3) is 4.81. The molecule has 31 heavy (non-hydrogen) atoms. The number of carbonyl (C=O) groups is 2. The minimum Gasteiger partial charge on any atom is -0.425 e. The molecule has 0 aliphatic carbocycles. The number of esters is 1. The fourth-order valence-corrected chi connectivity index (χ4v) is 4.23. The van der Waals surface area contributed by atoms with E-state index in [9.17, 15) is 22.8 Å². The fraction of sp³-hybridized carbons (Fsp3) is 0.250. The lowest BCUT2D eigenvalue weighted by atomic mass is 10.2. The van der Waals surface area contributed by atoms with Gasteiger partial charge >= 0.3 is 12.1 Å². The average Bonchev–Trinajstić information content (AvgIpc) is 3.37. The van der Waals surface area contributed by atoms with Crippen molar-refractivity contribution in [3.63, 3.8) is 0 Å². The van der Waals surface area contributed by atoms with Crippen LogP contribution in [0.3, 0.4) is 0 Å². The molecule has 1 aliphatic rings. The van der Waals surface area contributed by atoms with E-state index in [1.807, 2.05) is 0 Å². The lowest BCUT2D eigenvalue weighted by Gasteiger charge is -2.13. The van der Waals surface area contributed by atoms with Crippen LogP contribution < -0.4 is 15.4 Å². The number of halogens is 4. The van der Waals surface area contributed by atoms with E-state index in [-0.39, 0.29) is 26.2 Å². The molecule has 0 unspecified atom stereocenters. The van der Waals surface area contributed by atoms with Crippen molar-refractivity contribution in [2.45, 2.75) is 25.1 Å². The lowest BCUT2D eigenvalue weighted by Crippen LogP contribution is -2.34. The van der Waals surface area contributed by atoms with Gasteiger partial charge in [0, 0.05) is 5.02 Å². The highest BCUT2D eigenvalue weighted by Gasteiger charge is 2.31. The fourth-order valence-electron chi connectivity index (χ4n) is 3.15. The molecule has 1 saturated heterocycles. The molecular weight excluding hydrogens is 455 g/mol. The molecule has 1 aliphatic heterocycles. The van der Waals surface area contributed by atoms with E-state index in [4.69, 9.17) is 16.3 Å². The van der Waals surface area contributed by atoms with Crippen molar-refractivity contribution in [1.82, 2.24) is 10.3 Å². The molecule has 2 aromatic carbocycles. The first-order chi connectivity index (χ1) is 14.7. The summed E-state index contributed by atoms with van der Waals surface area (Å²) in [5.41, 5.74) is -0.474. The number of nitrogens with zero attached hydrogens (tertiary/aromatic N) is 1. The third-order valence-electron chi connectivity index (χ3n) is 4.68. The molecule has 3 aromatic rings. The maximum absolute atomic E-state index is 12.9. The number of fused-ring (bicyclic) bond motifs is 1. The molecule has 1 fully saturated rings. The second kappa shape index (κ2) is 8.45. The van der Waals surface area contributed by atoms with Gasteiger partial charge in [-0.2, -0.15) is 13.2 Å². The molecule has 1 aromatic heterocycles. The molecule has 0 bridgehead atoms. The van der Waals surface area contributed by atoms with Crippen molar-refractivity contribution in [2.24, 2.45) is 0 Å². The van der Waals surface area contributed by atoms with Gasteiger partial charge in [-0.1, -0.05) is 22.9 Å². The summed E-state index contributed by atoms with van der Waals surface area (Å²) in [6.45, 7) is 0.710. The summed E-state index contributed by atoms with van der Waals surface area (Å²) in [4.78, 5) is 29.3. The summed E-state index contributed by atoms with van der Waals surface area (Å²) < 4.78 is 44.4. The van der Waals surface area contributed by atoms with Crippen molar-refractivity contribution in [3.8, 4) is 5.75 Å². The van der Waals surface area contributed by atoms with E-state index >= 15 is 0 Å². The van der Waals surface area contributed by atoms with Crippen LogP contribution in [-0.2, 0) is 11.0 Å². The van der Waals surface area contributed by atoms with E-state index < -0.39 is 29.7 Å². The van der Waals surface area contributed by atoms with Gasteiger partial charge in [-0.05, 0) is 55.8 Å². The van der Waals surface area contributed by atoms with Crippen LogP contribution in [0.1, 0.15) is 28.8 Å². The van der Waals surface area contributed by atoms with Gasteiger partial charge in [0.25, 0.3) is 5.91 Å². The normalized spacial score (nSPS) is 16.5. The number of amides is 1. The summed E-state index contributed by atoms with van der Waals surface area (Å²) >= 11 is 6.90. The number of nitrogens with one attached hydrogen (secondary N) is 2. The van der Waals surface area contributed by atoms with E-state index in [1.54, 1.807) is 0 Å². The molecule has 0 spiro atoms. The quantitative estimate of drug-likeness (QED) is 0.420. The standard InChI is InChI=1S/C20H15ClF3N3O3S/c21-11-4-6-15(30-18(29)14-2-1-7-25-14)12(9-11)17(28)27-19-26-13-5-3-10(20(22,23)24)8-16(13)31-19/h3-6,8-9,14,25H,1-2,7H2,(H,26,27,28)/t14-/m0/s1. The van der Waals surface area contributed by atoms with Gasteiger partial charge in [0.2, 0.25) is 0 Å². The Balaban J connectivity index is 1.56. The molecule has 4 rings (SSSR count). The molecule has 0 radical (unpaired) electrons. The Morgan fingerprint density at radius 3 is 2.74 bits per heavy atom. The maximum atomic E-state index is 12.9. The number of ether oxygens (including phenoxy) is 1. The number of anilines is 1. The zero-order valence-electron chi connectivity index (χ0n) is 15.8. The van der Waals surface area contributed by atoms with Gasteiger partial charge in [0.1, 0.15) is 11.8 Å². The number of rotatable bonds is 4. The molecule has 6 nitrogen and oxygen atoms in total. The summed E-state index contributed by atoms with van der Waals surface area (Å²) in [6.07, 6.45) is -2.99. The minimum atomic E-state index is -4.48. The summed E-state index contributed by atoms with van der Waals surface area (Å²) in [7, 11) is 0. The van der Waals surface area contributed by atoms with E-state index in [0.717, 1.165) is 29.9 Å². The van der Waals surface area contributed by atoms with Gasteiger partial charge < -0.3 is 10.1 Å². The zero-order chi connectivity index (χ0) is 22.2. The number of carbonyl (C=O) groups excluding carboxylic acids is 2. The number of thiazole rings is 1. The molecule has 1 amide bonds. The number of hydrogen-bond acceptors (Lipinski definition) is 6. The Morgan fingerprint density at radius 1 is 1.23 bits per heavy atom. The van der Waals surface area contributed by atoms with E-state index in [0.29, 0.717) is 18.5 Å². The molecule has 0 saturated carbocycles. The predicted octanol–water partition coefficient (Wildman–Crippen LogP) is 4.88. The number of aromatic nitrogens is 1. The van der Waals surface area contributed by atoms with Crippen LogP contribution in [0, 0.1) is 0 Å². The van der Waals surface area contributed by atoms with Crippen LogP contribution in [0.15, 0.2) is 36.4 Å². The lowest BCUT2D eigenvalue weighted by molar-refractivity contribution is -0.137. The summed E-state index contributed by atoms with van der Waals surface area (Å²) in [5.74, 6) is -1.13. The molecule has 2 N–H and O–H groups in total. The predicted molar refractivity (Wildman–Crippen MR) is 111 cm³/mol. The van der Waals surface area contributed by atoms with Crippen LogP contribution in [-0.4, -0.2) is 29.4 Å². The van der Waals surface area contributed by atoms with Gasteiger partial charge in [0.15, 0.2) is 5.13 Å². The largest absolute Gasteiger partial charge is 0.425 e. The Hall–Kier alpha value is -2.69. The van der Waals surface area contributed by atoms with Crippen molar-refractivity contribution in [2.75, 3.05) is 11.9 Å². The maximum Gasteiger partial charge on any atom is 0.416 e. The first-order valence-corrected chi connectivity index (χ1v) is 10.4. The van der Waals surface area contributed by atoms with Gasteiger partial charge in [-0.15, -0.1) is 0 Å². The van der Waals surface area contributed by atoms with Crippen molar-refractivity contribution < 1.29 is 27.5 Å². The molecule has 1 atom stereocenters. The van der Waals surface area contributed by atoms with E-state index in [1.165, 1.54) is 24.3 Å². The Labute approximate surface area is 183 Å². The highest BCUT2D eigenvalue weighted by molar-refractivity contribution is 7.22. The van der Waals surface area contributed by atoms with Crippen molar-refractivity contribution in [3.05, 3.63) is 52.5 Å². The first-order valence-electron chi connectivity index (χ1n) is 9.24. The topological polar surface area (TPSA) is 80.3 Å². The number of hydrogen-bond donors (Lipinski definition) is 2. The highest BCUT2D eigenvalue weighted by Crippen LogP contribution is 2.34. The van der Waals surface area contributed by atoms with Crippen LogP contribution in [0.25, 0.3) is 10.2 Å². The second-order valence-corrected chi connectivity index (χ2v) is 8.33. The van der Waals surface area contributed by atoms with E-state index in [2.05, 4.69) is 15.6 Å². The highest BCUT2D eigenvalue weighted by atomic mass is 35.5. The summed E-state index contributed by atoms with van der Waals surface area (Å²) in [6, 6.07) is 6.95. The monoisotopic (exact) mass is 469 g/mol. The summed E-state index contributed by atoms with van der Waals surface area (Å²) in [5, 5.41) is 5.91. The van der Waals surface area contributed by atoms with Crippen LogP contribution in [0.2, 0.25) is 5.02 Å². The second-order valence-electron chi connectivity index (χ2n) is 6.86. The van der Waals surface area contributed by atoms with Gasteiger partial charge in [0.05, 0.1) is 21.3 Å². The molecular formula is C20H15ClF3N3O3S. The number of alkyl halides is 3. The van der Waals surface area contributed by atoms with Crippen molar-refractivity contribution in [1.29, 1.82) is 0 Å². The SMILES string of the molecule is O=C(Nc1nc2ccc(C(F)(F)F)cc2s1)c1cc(Cl)ccc1OC(=O)[C@@H]1CCCN1. The molecule has 11 heteroatoms. The Kier molecular flexibility index (Phi) is 5.87. The third-order valence-corrected chi connectivity index (χ3v) is 5.85. The van der Waals surface area contributed by atoms with Crippen LogP contribution in [0.4, 0.5) is 18.3 Å². The Bertz CT molecular complexity index is 1160. The van der Waals surface area contributed by atoms with Gasteiger partial charge in [-0.25, -0.2) is 9.78 Å². The van der Waals surface area contributed by atoms with Gasteiger partial charge in [-0.3, -0.25) is 10.1 Å². The minimum absolute atomic E-state index is 0.00841. The van der Waals surface area contributed by atoms with Crippen LogP contribution >= 0.6 is 22.9 Å². The van der Waals surface area contributed by atoms with Crippen molar-refractivity contribution >= 4 is 50.2 Å². The molecule has 162 valence electrons. The zero-order valence-corrected chi connectivity index (χ0v) is 17.3. The van der Waals surface area contributed by atoms with Crippen LogP contribution in [0.5, 0.6) is 5.75 Å². The number of benzene rings is 2. The average molecular weight is 470 g/mol.